The van der Waals surface area contributed by atoms with Gasteiger partial charge in [-0.25, -0.2) is 28.7 Å². The number of carbonyl (C=O) groups excluding carboxylic acids is 5. The Kier molecular flexibility index (Phi) is 15.0. The van der Waals surface area contributed by atoms with Crippen molar-refractivity contribution in [3.05, 3.63) is 125 Å². The minimum Gasteiger partial charge on any atom is -0.404 e. The third kappa shape index (κ3) is 10.9. The van der Waals surface area contributed by atoms with Crippen LogP contribution in [0.4, 0.5) is 31.8 Å². The maximum absolute atomic E-state index is 15.9. The second-order valence-electron chi connectivity index (χ2n) is 20.6. The predicted octanol–water partition coefficient (Wildman–Crippen LogP) is 4.85. The zero-order valence-electron chi connectivity index (χ0n) is 44.1. The van der Waals surface area contributed by atoms with E-state index >= 15 is 8.78 Å². The number of anilines is 4. The van der Waals surface area contributed by atoms with E-state index < -0.39 is 41.3 Å². The summed E-state index contributed by atoms with van der Waals surface area (Å²) in [5, 5.41) is 5.42. The number of nitrogens with one attached hydrogen (secondary N) is 2. The summed E-state index contributed by atoms with van der Waals surface area (Å²) in [4.78, 5) is 96.6. The van der Waals surface area contributed by atoms with Gasteiger partial charge in [-0.2, -0.15) is 0 Å². The van der Waals surface area contributed by atoms with Gasteiger partial charge in [0.1, 0.15) is 34.7 Å². The molecular formula is C58H59F2N15O5. The molecule has 11 rings (SSSR count). The van der Waals surface area contributed by atoms with E-state index in [0.717, 1.165) is 34.7 Å². The Hall–Kier alpha value is -9.10. The van der Waals surface area contributed by atoms with Crippen molar-refractivity contribution in [3.8, 4) is 28.8 Å². The average Bonchev–Trinajstić information content (AvgIpc) is 4.17. The molecule has 9 heterocycles. The number of benzene rings is 2. The molecule has 5 aliphatic rings. The zero-order chi connectivity index (χ0) is 55.6. The molecule has 410 valence electrons. The molecule has 4 aromatic heterocycles. The number of nitrogen functional groups attached to an aromatic ring is 1. The molecule has 0 saturated carbocycles. The van der Waals surface area contributed by atoms with E-state index in [1.54, 1.807) is 65.3 Å². The Balaban J connectivity index is 0.607. The summed E-state index contributed by atoms with van der Waals surface area (Å²) in [5.41, 5.74) is 16.7. The highest BCUT2D eigenvalue weighted by atomic mass is 19.1. The molecule has 1 atom stereocenters. The van der Waals surface area contributed by atoms with Gasteiger partial charge in [0.15, 0.2) is 17.3 Å². The van der Waals surface area contributed by atoms with Gasteiger partial charge in [-0.1, -0.05) is 17.9 Å². The molecule has 5 amide bonds. The van der Waals surface area contributed by atoms with Crippen molar-refractivity contribution in [3.63, 3.8) is 0 Å². The molecule has 1 unspecified atom stereocenters. The Morgan fingerprint density at radius 1 is 0.863 bits per heavy atom. The van der Waals surface area contributed by atoms with E-state index in [1.165, 1.54) is 18.3 Å². The molecule has 5 aliphatic heterocycles. The van der Waals surface area contributed by atoms with Gasteiger partial charge in [0, 0.05) is 131 Å². The smallest absolute Gasteiger partial charge is 0.264 e. The van der Waals surface area contributed by atoms with Crippen LogP contribution in [0.2, 0.25) is 0 Å². The van der Waals surface area contributed by atoms with Gasteiger partial charge in [-0.3, -0.25) is 48.6 Å². The van der Waals surface area contributed by atoms with Crippen LogP contribution < -0.4 is 31.9 Å². The van der Waals surface area contributed by atoms with Crippen molar-refractivity contribution in [1.82, 2.24) is 44.5 Å². The summed E-state index contributed by atoms with van der Waals surface area (Å²) in [6.45, 7) is 7.12. The fraction of sp³-hybridized carbons (Fsp3) is 0.345. The number of piperidine rings is 3. The maximum atomic E-state index is 15.9. The number of amides is 5. The molecule has 4 fully saturated rings. The van der Waals surface area contributed by atoms with Gasteiger partial charge < -0.3 is 31.5 Å². The highest BCUT2D eigenvalue weighted by Gasteiger charge is 2.45. The minimum atomic E-state index is -1.06. The van der Waals surface area contributed by atoms with Gasteiger partial charge in [-0.15, -0.1) is 0 Å². The van der Waals surface area contributed by atoms with Crippen LogP contribution in [-0.2, 0) is 14.4 Å². The van der Waals surface area contributed by atoms with E-state index in [0.29, 0.717) is 112 Å². The largest absolute Gasteiger partial charge is 0.404 e. The highest BCUT2D eigenvalue weighted by Crippen LogP contribution is 2.34. The molecule has 80 heavy (non-hydrogen) atoms. The van der Waals surface area contributed by atoms with Crippen molar-refractivity contribution in [2.24, 2.45) is 16.6 Å². The summed E-state index contributed by atoms with van der Waals surface area (Å²) in [6.07, 6.45) is 9.46. The first kappa shape index (κ1) is 52.9. The van der Waals surface area contributed by atoms with Crippen molar-refractivity contribution >= 4 is 69.9 Å². The number of piperazine rings is 1. The Bertz CT molecular complexity index is 3530. The van der Waals surface area contributed by atoms with E-state index in [-0.39, 0.29) is 59.8 Å². The summed E-state index contributed by atoms with van der Waals surface area (Å²) >= 11 is 0. The normalized spacial score (nSPS) is 18.7. The number of carbonyl (C=O) groups is 5. The maximum Gasteiger partial charge on any atom is 0.264 e. The SMILES string of the molecule is Cc1nc2ccc(-c3ccnc(N)c3)nc2n1-c1cc(F)c(N2CCN(CC#Cc3ccc(N4CCC(C(=O)N5CCC(N=CC(=CN)CNc6cccc7c6C(=O)N(C6CCC(=O)NC6=O)C7=O)CC5)CC4)nc3)CC2)c(F)c1. The number of hydrogen-bond donors (Lipinski definition) is 4. The van der Waals surface area contributed by atoms with Crippen molar-refractivity contribution < 1.29 is 32.8 Å². The number of aromatic nitrogens is 5. The van der Waals surface area contributed by atoms with Crippen LogP contribution in [0, 0.1) is 36.3 Å². The molecule has 0 spiro atoms. The number of imidazole rings is 1. The monoisotopic (exact) mass is 1080 g/mol. The standard InChI is InChI=1S/C58H59F2N15O5/c1-35-67-47-9-8-45(39-13-18-63-49(62)28-39)68-54(47)74(35)41-29-43(59)53(44(60)30-41)72-26-24-70(25-27-72)19-3-4-36-7-11-50(66-32-36)71-20-14-38(15-21-71)56(78)73-22-16-40(17-23-73)64-33-37(31-61)34-65-46-6-2-5-42-52(46)58(80)75(57(42)79)48-10-12-51(76)69-55(48)77/h2,5-9,11,13,18,28-33,38,40,48,65H,10,12,14-17,19-27,34,61H2,1H3,(H2,62,63)(H,69,76,77). The molecule has 2 aromatic carbocycles. The van der Waals surface area contributed by atoms with Crippen LogP contribution in [0.3, 0.4) is 0 Å². The van der Waals surface area contributed by atoms with E-state index in [4.69, 9.17) is 26.4 Å². The molecule has 0 bridgehead atoms. The topological polar surface area (TPSA) is 246 Å². The Labute approximate surface area is 459 Å². The van der Waals surface area contributed by atoms with Crippen LogP contribution in [-0.4, -0.2) is 152 Å². The van der Waals surface area contributed by atoms with Gasteiger partial charge >= 0.3 is 0 Å². The van der Waals surface area contributed by atoms with E-state index in [1.807, 2.05) is 29.2 Å². The van der Waals surface area contributed by atoms with E-state index in [9.17, 15) is 24.0 Å². The van der Waals surface area contributed by atoms with Crippen LogP contribution in [0.5, 0.6) is 0 Å². The van der Waals surface area contributed by atoms with Crippen LogP contribution >= 0.6 is 0 Å². The number of fused-ring (bicyclic) bond motifs is 2. The number of hydrogen-bond acceptors (Lipinski definition) is 16. The molecule has 6 N–H and O–H groups in total. The number of rotatable bonds is 12. The lowest BCUT2D eigenvalue weighted by atomic mass is 9.94. The second-order valence-corrected chi connectivity index (χ2v) is 20.6. The Morgan fingerprint density at radius 2 is 1.64 bits per heavy atom. The average molecular weight is 1080 g/mol. The first-order chi connectivity index (χ1) is 38.8. The molecule has 0 radical (unpaired) electrons. The van der Waals surface area contributed by atoms with Crippen LogP contribution in [0.25, 0.3) is 28.1 Å². The lowest BCUT2D eigenvalue weighted by molar-refractivity contribution is -0.137. The summed E-state index contributed by atoms with van der Waals surface area (Å²) in [5.74, 6) is 4.67. The molecule has 22 heteroatoms. The fourth-order valence-corrected chi connectivity index (χ4v) is 11.2. The molecule has 6 aromatic rings. The zero-order valence-corrected chi connectivity index (χ0v) is 44.1. The van der Waals surface area contributed by atoms with Crippen molar-refractivity contribution in [1.29, 1.82) is 0 Å². The van der Waals surface area contributed by atoms with Gasteiger partial charge in [0.25, 0.3) is 11.8 Å². The number of imide groups is 2. The summed E-state index contributed by atoms with van der Waals surface area (Å²) in [6, 6.07) is 17.6. The molecule has 20 nitrogen and oxygen atoms in total. The number of halogens is 2. The fourth-order valence-electron chi connectivity index (χ4n) is 11.2. The predicted molar refractivity (Wildman–Crippen MR) is 298 cm³/mol. The summed E-state index contributed by atoms with van der Waals surface area (Å²) in [7, 11) is 0. The van der Waals surface area contributed by atoms with Crippen LogP contribution in [0.1, 0.15) is 70.6 Å². The quantitative estimate of drug-likeness (QED) is 0.0727. The number of pyridine rings is 3. The third-order valence-corrected chi connectivity index (χ3v) is 15.5. The number of likely N-dealkylation sites (tertiary alicyclic amines) is 1. The molecule has 4 saturated heterocycles. The lowest BCUT2D eigenvalue weighted by Crippen LogP contribution is -2.54. The van der Waals surface area contributed by atoms with Crippen molar-refractivity contribution in [2.75, 3.05) is 86.3 Å². The van der Waals surface area contributed by atoms with E-state index in [2.05, 4.69) is 42.2 Å². The molecule has 0 aliphatic carbocycles. The number of aliphatic imine (C=N–C) groups is 1. The van der Waals surface area contributed by atoms with Gasteiger partial charge in [-0.05, 0) is 87.6 Å². The lowest BCUT2D eigenvalue weighted by Gasteiger charge is -2.37. The van der Waals surface area contributed by atoms with Gasteiger partial charge in [0.05, 0.1) is 35.1 Å². The summed E-state index contributed by atoms with van der Waals surface area (Å²) < 4.78 is 33.4. The number of nitrogens with zero attached hydrogens (tertiary/aromatic N) is 11. The first-order valence-corrected chi connectivity index (χ1v) is 26.9. The molecular weight excluding hydrogens is 1020 g/mol. The number of aryl methyl sites for hydroxylation is 1. The highest BCUT2D eigenvalue weighted by molar-refractivity contribution is 6.25. The Morgan fingerprint density at radius 3 is 2.35 bits per heavy atom. The third-order valence-electron chi connectivity index (χ3n) is 15.5. The second kappa shape index (κ2) is 22.7. The minimum absolute atomic E-state index is 0.00112. The van der Waals surface area contributed by atoms with Crippen molar-refractivity contribution in [2.45, 2.75) is 57.5 Å². The van der Waals surface area contributed by atoms with Gasteiger partial charge in [0.2, 0.25) is 17.7 Å². The van der Waals surface area contributed by atoms with Crippen LogP contribution in [0.15, 0.2) is 95.9 Å². The number of nitrogens with two attached hydrogens (primary N) is 2. The first-order valence-electron chi connectivity index (χ1n) is 26.9.